The number of benzene rings is 1. The predicted molar refractivity (Wildman–Crippen MR) is 79.8 cm³/mol. The minimum atomic E-state index is 0. The van der Waals surface area contributed by atoms with Crippen molar-refractivity contribution in [1.82, 2.24) is 4.90 Å². The third kappa shape index (κ3) is 2.83. The van der Waals surface area contributed by atoms with Gasteiger partial charge in [-0.2, -0.15) is 4.57 Å². The number of hydrogen-bond donors (Lipinski definition) is 0. The fraction of sp³-hybridized carbons (Fsp3) is 0.400. The summed E-state index contributed by atoms with van der Waals surface area (Å²) in [6.45, 7) is 7.48. The molecule has 3 rings (SSSR count). The maximum Gasteiger partial charge on any atom is 0.376 e. The number of rotatable bonds is 3. The summed E-state index contributed by atoms with van der Waals surface area (Å²) < 4.78 is 8.22. The Kier molecular flexibility index (Phi) is 5.37. The Labute approximate surface area is 141 Å². The second-order valence-corrected chi connectivity index (χ2v) is 5.68. The first-order valence-corrected chi connectivity index (χ1v) is 7.83. The van der Waals surface area contributed by atoms with Crippen molar-refractivity contribution in [3.63, 3.8) is 0 Å². The van der Waals surface area contributed by atoms with Crippen LogP contribution >= 0.6 is 11.8 Å². The van der Waals surface area contributed by atoms with Gasteiger partial charge in [-0.15, -0.1) is 11.8 Å². The number of oxazole rings is 1. The van der Waals surface area contributed by atoms with Crippen LogP contribution in [0.2, 0.25) is 0 Å². The highest BCUT2D eigenvalue weighted by atomic mass is 127. The zero-order chi connectivity index (χ0) is 13.2. The number of hydrogen-bond acceptors (Lipinski definition) is 3. The lowest BCUT2D eigenvalue weighted by Gasteiger charge is -2.14. The van der Waals surface area contributed by atoms with Crippen LogP contribution in [0.25, 0.3) is 17.2 Å². The van der Waals surface area contributed by atoms with E-state index >= 15 is 0 Å². The summed E-state index contributed by atoms with van der Waals surface area (Å²) in [4.78, 5) is 2.40. The first-order valence-electron chi connectivity index (χ1n) is 6.84. The molecule has 0 bridgehead atoms. The van der Waals surface area contributed by atoms with Gasteiger partial charge in [0.2, 0.25) is 5.58 Å². The molecule has 3 nitrogen and oxygen atoms in total. The summed E-state index contributed by atoms with van der Waals surface area (Å²) in [6.07, 6.45) is 2.19. The number of aryl methyl sites for hydroxylation is 1. The van der Waals surface area contributed by atoms with Crippen molar-refractivity contribution in [2.75, 3.05) is 18.8 Å². The molecule has 1 aromatic heterocycles. The van der Waals surface area contributed by atoms with Gasteiger partial charge < -0.3 is 33.3 Å². The maximum atomic E-state index is 5.99. The fourth-order valence-electron chi connectivity index (χ4n) is 2.50. The number of thioether (sulfide) groups is 1. The first-order chi connectivity index (χ1) is 9.33. The van der Waals surface area contributed by atoms with Gasteiger partial charge in [-0.25, -0.2) is 0 Å². The Balaban J connectivity index is 0.00000147. The van der Waals surface area contributed by atoms with E-state index < -0.39 is 0 Å². The molecule has 108 valence electrons. The Bertz CT molecular complexity index is 623. The molecule has 5 heteroatoms. The van der Waals surface area contributed by atoms with Gasteiger partial charge in [0.05, 0.1) is 11.1 Å². The number of nitrogens with zero attached hydrogens (tertiary/aromatic N) is 2. The molecule has 1 aromatic carbocycles. The molecule has 0 atom stereocenters. The van der Waals surface area contributed by atoms with Crippen LogP contribution in [-0.2, 0) is 6.54 Å². The summed E-state index contributed by atoms with van der Waals surface area (Å²) in [5.41, 5.74) is 2.13. The van der Waals surface area contributed by atoms with Crippen molar-refractivity contribution in [2.45, 2.75) is 20.4 Å². The molecule has 2 heterocycles. The molecule has 0 amide bonds. The van der Waals surface area contributed by atoms with Crippen LogP contribution in [0.3, 0.4) is 0 Å². The number of para-hydroxylation sites is 2. The SMILES string of the molecule is CCN1CCSC1=Cc1oc2ccccc2[n+]1CC.[I-]. The third-order valence-corrected chi connectivity index (χ3v) is 4.56. The summed E-state index contributed by atoms with van der Waals surface area (Å²) in [7, 11) is 0. The molecule has 1 saturated heterocycles. The van der Waals surface area contributed by atoms with E-state index in [1.165, 1.54) is 16.3 Å². The van der Waals surface area contributed by atoms with Crippen LogP contribution in [0.1, 0.15) is 19.7 Å². The Morgan fingerprint density at radius 3 is 2.90 bits per heavy atom. The van der Waals surface area contributed by atoms with Gasteiger partial charge in [-0.3, -0.25) is 0 Å². The smallest absolute Gasteiger partial charge is 0.376 e. The van der Waals surface area contributed by atoms with E-state index in [-0.39, 0.29) is 24.0 Å². The number of halogens is 1. The molecule has 1 aliphatic heterocycles. The van der Waals surface area contributed by atoms with Gasteiger partial charge in [-0.1, -0.05) is 12.1 Å². The quantitative estimate of drug-likeness (QED) is 0.537. The topological polar surface area (TPSA) is 20.3 Å². The van der Waals surface area contributed by atoms with E-state index in [0.29, 0.717) is 0 Å². The van der Waals surface area contributed by atoms with Crippen LogP contribution in [0, 0.1) is 0 Å². The van der Waals surface area contributed by atoms with Crippen molar-refractivity contribution in [1.29, 1.82) is 0 Å². The fourth-order valence-corrected chi connectivity index (χ4v) is 3.61. The molecule has 0 unspecified atom stereocenters. The average Bonchev–Trinajstić information content (AvgIpc) is 3.02. The van der Waals surface area contributed by atoms with E-state index in [9.17, 15) is 0 Å². The summed E-state index contributed by atoms with van der Waals surface area (Å²) in [5.74, 6) is 2.12. The van der Waals surface area contributed by atoms with Gasteiger partial charge in [-0.05, 0) is 19.9 Å². The highest BCUT2D eigenvalue weighted by Crippen LogP contribution is 2.29. The summed E-state index contributed by atoms with van der Waals surface area (Å²) in [6, 6.07) is 8.22. The zero-order valence-electron chi connectivity index (χ0n) is 11.8. The molecule has 0 N–H and O–H groups in total. The monoisotopic (exact) mass is 402 g/mol. The van der Waals surface area contributed by atoms with Crippen LogP contribution in [0.4, 0.5) is 0 Å². The summed E-state index contributed by atoms with van der Waals surface area (Å²) >= 11 is 1.91. The van der Waals surface area contributed by atoms with E-state index in [0.717, 1.165) is 31.1 Å². The van der Waals surface area contributed by atoms with Gasteiger partial charge in [0.25, 0.3) is 5.52 Å². The molecule has 20 heavy (non-hydrogen) atoms. The molecule has 1 aliphatic rings. The van der Waals surface area contributed by atoms with E-state index in [2.05, 4.69) is 41.5 Å². The maximum absolute atomic E-state index is 5.99. The van der Waals surface area contributed by atoms with Gasteiger partial charge in [0.1, 0.15) is 6.54 Å². The molecule has 0 saturated carbocycles. The van der Waals surface area contributed by atoms with Gasteiger partial charge >= 0.3 is 5.89 Å². The van der Waals surface area contributed by atoms with Crippen LogP contribution in [-0.4, -0.2) is 23.7 Å². The van der Waals surface area contributed by atoms with Crippen molar-refractivity contribution in [3.05, 3.63) is 35.2 Å². The van der Waals surface area contributed by atoms with Crippen molar-refractivity contribution in [3.8, 4) is 0 Å². The van der Waals surface area contributed by atoms with Crippen LogP contribution in [0.5, 0.6) is 0 Å². The Morgan fingerprint density at radius 1 is 1.35 bits per heavy atom. The molecule has 2 aromatic rings. The molecule has 1 fully saturated rings. The van der Waals surface area contributed by atoms with E-state index in [4.69, 9.17) is 4.42 Å². The molecular weight excluding hydrogens is 383 g/mol. The third-order valence-electron chi connectivity index (χ3n) is 3.50. The molecular formula is C15H19IN2OS. The predicted octanol–water partition coefficient (Wildman–Crippen LogP) is 0.111. The highest BCUT2D eigenvalue weighted by molar-refractivity contribution is 8.03. The number of fused-ring (bicyclic) bond motifs is 1. The lowest BCUT2D eigenvalue weighted by Crippen LogP contribution is -3.00. The average molecular weight is 402 g/mol. The van der Waals surface area contributed by atoms with Gasteiger partial charge in [0, 0.05) is 24.9 Å². The second kappa shape index (κ2) is 6.85. The van der Waals surface area contributed by atoms with Crippen molar-refractivity contribution in [2.24, 2.45) is 0 Å². The molecule has 0 radical (unpaired) electrons. The minimum absolute atomic E-state index is 0. The highest BCUT2D eigenvalue weighted by Gasteiger charge is 2.23. The van der Waals surface area contributed by atoms with Crippen molar-refractivity contribution >= 4 is 28.9 Å². The minimum Gasteiger partial charge on any atom is -1.00 e. The van der Waals surface area contributed by atoms with E-state index in [1.807, 2.05) is 23.9 Å². The molecule has 0 aliphatic carbocycles. The normalized spacial score (nSPS) is 16.9. The largest absolute Gasteiger partial charge is 1.00 e. The lowest BCUT2D eigenvalue weighted by atomic mass is 10.3. The van der Waals surface area contributed by atoms with Crippen molar-refractivity contribution < 1.29 is 33.0 Å². The van der Waals surface area contributed by atoms with Crippen LogP contribution in [0.15, 0.2) is 33.7 Å². The second-order valence-electron chi connectivity index (χ2n) is 4.56. The van der Waals surface area contributed by atoms with E-state index in [1.54, 1.807) is 0 Å². The standard InChI is InChI=1S/C15H19N2OS.HI/c1-3-16-9-10-19-15(16)11-14-17(4-2)12-7-5-6-8-13(12)18-14;/h5-8,11H,3-4,9-10H2,1-2H3;1H/q+1;/p-1. The Morgan fingerprint density at radius 2 is 2.15 bits per heavy atom. The van der Waals surface area contributed by atoms with Crippen LogP contribution < -0.4 is 28.5 Å². The van der Waals surface area contributed by atoms with Gasteiger partial charge in [0.15, 0.2) is 0 Å². The number of aromatic nitrogens is 1. The first kappa shape index (κ1) is 15.7. The lowest BCUT2D eigenvalue weighted by molar-refractivity contribution is -0.674. The summed E-state index contributed by atoms with van der Waals surface area (Å²) in [5, 5.41) is 1.32. The molecule has 0 spiro atoms. The zero-order valence-corrected chi connectivity index (χ0v) is 14.8. The Hall–Kier alpha value is -0.690.